The molecule has 6 nitrogen and oxygen atoms in total. The number of amides is 1. The number of carbonyl (C=O) groups is 1. The zero-order chi connectivity index (χ0) is 17.7. The van der Waals surface area contributed by atoms with Crippen LogP contribution in [0.15, 0.2) is 41.3 Å². The molecule has 0 bridgehead atoms. The van der Waals surface area contributed by atoms with Crippen LogP contribution in [0.4, 0.5) is 0 Å². The average Bonchev–Trinajstić information content (AvgIpc) is 2.83. The summed E-state index contributed by atoms with van der Waals surface area (Å²) in [4.78, 5) is 12.0. The number of nitrogens with two attached hydrogens (primary N) is 1. The van der Waals surface area contributed by atoms with Gasteiger partial charge in [0, 0.05) is 30.9 Å². The summed E-state index contributed by atoms with van der Waals surface area (Å²) < 4.78 is 24.5. The van der Waals surface area contributed by atoms with Gasteiger partial charge >= 0.3 is 0 Å². The van der Waals surface area contributed by atoms with E-state index in [1.165, 1.54) is 12.1 Å². The van der Waals surface area contributed by atoms with Crippen molar-refractivity contribution >= 4 is 15.9 Å². The number of aryl methyl sites for hydroxylation is 2. The van der Waals surface area contributed by atoms with E-state index in [2.05, 4.69) is 9.88 Å². The zero-order valence-corrected chi connectivity index (χ0v) is 14.8. The number of hydrogen-bond acceptors (Lipinski definition) is 3. The first kappa shape index (κ1) is 18.2. The van der Waals surface area contributed by atoms with Crippen LogP contribution in [0.25, 0.3) is 0 Å². The van der Waals surface area contributed by atoms with Crippen molar-refractivity contribution in [1.29, 1.82) is 0 Å². The van der Waals surface area contributed by atoms with Crippen LogP contribution in [0, 0.1) is 13.8 Å². The van der Waals surface area contributed by atoms with Gasteiger partial charge in [0.1, 0.15) is 0 Å². The van der Waals surface area contributed by atoms with E-state index in [0.717, 1.165) is 17.0 Å². The summed E-state index contributed by atoms with van der Waals surface area (Å²) >= 11 is 0. The van der Waals surface area contributed by atoms with Crippen molar-refractivity contribution in [3.63, 3.8) is 0 Å². The average molecular weight is 349 g/mol. The lowest BCUT2D eigenvalue weighted by atomic mass is 10.1. The Labute approximate surface area is 142 Å². The minimum absolute atomic E-state index is 0.00339. The number of benzene rings is 1. The maximum absolute atomic E-state index is 11.9. The topological polar surface area (TPSA) is 94.2 Å². The van der Waals surface area contributed by atoms with E-state index in [4.69, 9.17) is 5.14 Å². The minimum Gasteiger partial charge on any atom is -0.356 e. The molecule has 0 saturated carbocycles. The van der Waals surface area contributed by atoms with Crippen LogP contribution >= 0.6 is 0 Å². The molecule has 0 aliphatic carbocycles. The van der Waals surface area contributed by atoms with Crippen molar-refractivity contribution in [2.75, 3.05) is 6.54 Å². The van der Waals surface area contributed by atoms with Gasteiger partial charge in [-0.25, -0.2) is 13.6 Å². The number of sulfonamides is 1. The molecule has 0 atom stereocenters. The standard InChI is InChI=1S/C17H23N3O3S/c1-13-3-4-14(2)20(13)12-10-17(21)19-11-9-15-5-7-16(8-6-15)24(18,22)23/h3-8H,9-12H2,1-2H3,(H,19,21)(H2,18,22,23). The van der Waals surface area contributed by atoms with Crippen molar-refractivity contribution in [2.24, 2.45) is 5.14 Å². The molecular formula is C17H23N3O3S. The predicted molar refractivity (Wildman–Crippen MR) is 93.1 cm³/mol. The third-order valence-corrected chi connectivity index (χ3v) is 4.90. The number of nitrogens with zero attached hydrogens (tertiary/aromatic N) is 1. The summed E-state index contributed by atoms with van der Waals surface area (Å²) in [6, 6.07) is 10.4. The molecule has 1 aromatic carbocycles. The van der Waals surface area contributed by atoms with Crippen LogP contribution in [-0.4, -0.2) is 25.4 Å². The zero-order valence-electron chi connectivity index (χ0n) is 14.0. The highest BCUT2D eigenvalue weighted by Crippen LogP contribution is 2.09. The van der Waals surface area contributed by atoms with Gasteiger partial charge < -0.3 is 9.88 Å². The Morgan fingerprint density at radius 1 is 1.08 bits per heavy atom. The quantitative estimate of drug-likeness (QED) is 0.793. The number of carbonyl (C=O) groups excluding carboxylic acids is 1. The van der Waals surface area contributed by atoms with Gasteiger partial charge in [0.15, 0.2) is 0 Å². The number of hydrogen-bond donors (Lipinski definition) is 2. The smallest absolute Gasteiger partial charge is 0.238 e. The Bertz CT molecular complexity index is 789. The molecule has 2 rings (SSSR count). The molecule has 3 N–H and O–H groups in total. The Kier molecular flexibility index (Phi) is 5.80. The first-order valence-electron chi connectivity index (χ1n) is 7.78. The Hall–Kier alpha value is -2.12. The van der Waals surface area contributed by atoms with Crippen molar-refractivity contribution in [2.45, 2.75) is 38.1 Å². The number of nitrogens with one attached hydrogen (secondary N) is 1. The Morgan fingerprint density at radius 2 is 1.67 bits per heavy atom. The largest absolute Gasteiger partial charge is 0.356 e. The first-order chi connectivity index (χ1) is 11.3. The number of rotatable bonds is 7. The molecule has 130 valence electrons. The summed E-state index contributed by atoms with van der Waals surface area (Å²) in [6.07, 6.45) is 1.07. The molecule has 1 heterocycles. The summed E-state index contributed by atoms with van der Waals surface area (Å²) in [5.74, 6) is 0.00339. The first-order valence-corrected chi connectivity index (χ1v) is 9.33. The van der Waals surface area contributed by atoms with Crippen LogP contribution in [0.3, 0.4) is 0 Å². The van der Waals surface area contributed by atoms with Crippen LogP contribution < -0.4 is 10.5 Å². The van der Waals surface area contributed by atoms with Crippen molar-refractivity contribution in [1.82, 2.24) is 9.88 Å². The van der Waals surface area contributed by atoms with Gasteiger partial charge in [-0.1, -0.05) is 12.1 Å². The SMILES string of the molecule is Cc1ccc(C)n1CCC(=O)NCCc1ccc(S(N)(=O)=O)cc1. The van der Waals surface area contributed by atoms with E-state index in [1.807, 2.05) is 26.0 Å². The fraction of sp³-hybridized carbons (Fsp3) is 0.353. The molecule has 0 fully saturated rings. The fourth-order valence-corrected chi connectivity index (χ4v) is 3.06. The molecule has 1 amide bonds. The van der Waals surface area contributed by atoms with Crippen molar-refractivity contribution in [3.8, 4) is 0 Å². The van der Waals surface area contributed by atoms with Gasteiger partial charge in [-0.15, -0.1) is 0 Å². The lowest BCUT2D eigenvalue weighted by molar-refractivity contribution is -0.121. The molecule has 1 aromatic heterocycles. The van der Waals surface area contributed by atoms with Gasteiger partial charge in [0.05, 0.1) is 4.90 Å². The normalized spacial score (nSPS) is 11.5. The van der Waals surface area contributed by atoms with E-state index < -0.39 is 10.0 Å². The lowest BCUT2D eigenvalue weighted by Gasteiger charge is -2.10. The van der Waals surface area contributed by atoms with E-state index in [1.54, 1.807) is 12.1 Å². The highest BCUT2D eigenvalue weighted by Gasteiger charge is 2.07. The third-order valence-electron chi connectivity index (χ3n) is 3.97. The van der Waals surface area contributed by atoms with E-state index >= 15 is 0 Å². The van der Waals surface area contributed by atoms with Gasteiger partial charge in [0.2, 0.25) is 15.9 Å². The molecule has 0 saturated heterocycles. The van der Waals surface area contributed by atoms with E-state index in [9.17, 15) is 13.2 Å². The van der Waals surface area contributed by atoms with Crippen molar-refractivity contribution in [3.05, 3.63) is 53.3 Å². The second-order valence-corrected chi connectivity index (χ2v) is 7.37. The predicted octanol–water partition coefficient (Wildman–Crippen LogP) is 1.50. The maximum Gasteiger partial charge on any atom is 0.238 e. The lowest BCUT2D eigenvalue weighted by Crippen LogP contribution is -2.26. The second-order valence-electron chi connectivity index (χ2n) is 5.81. The van der Waals surface area contributed by atoms with E-state index in [0.29, 0.717) is 25.9 Å². The molecule has 0 unspecified atom stereocenters. The maximum atomic E-state index is 11.9. The Balaban J connectivity index is 1.76. The second kappa shape index (κ2) is 7.63. The summed E-state index contributed by atoms with van der Waals surface area (Å²) in [5, 5.41) is 7.94. The summed E-state index contributed by atoms with van der Waals surface area (Å²) in [5.41, 5.74) is 3.24. The van der Waals surface area contributed by atoms with Crippen LogP contribution in [0.2, 0.25) is 0 Å². The van der Waals surface area contributed by atoms with Crippen LogP contribution in [0.5, 0.6) is 0 Å². The molecule has 0 radical (unpaired) electrons. The molecule has 0 aliphatic heterocycles. The summed E-state index contributed by atoms with van der Waals surface area (Å²) in [6.45, 7) is 5.23. The van der Waals surface area contributed by atoms with Gasteiger partial charge in [-0.05, 0) is 50.1 Å². The minimum atomic E-state index is -3.66. The highest BCUT2D eigenvalue weighted by molar-refractivity contribution is 7.89. The van der Waals surface area contributed by atoms with Gasteiger partial charge in [-0.3, -0.25) is 4.79 Å². The molecule has 0 aliphatic rings. The van der Waals surface area contributed by atoms with E-state index in [-0.39, 0.29) is 10.8 Å². The van der Waals surface area contributed by atoms with Crippen molar-refractivity contribution < 1.29 is 13.2 Å². The monoisotopic (exact) mass is 349 g/mol. The highest BCUT2D eigenvalue weighted by atomic mass is 32.2. The molecule has 24 heavy (non-hydrogen) atoms. The summed E-state index contributed by atoms with van der Waals surface area (Å²) in [7, 11) is -3.66. The number of primary sulfonamides is 1. The molecule has 2 aromatic rings. The third kappa shape index (κ3) is 4.94. The van der Waals surface area contributed by atoms with Crippen LogP contribution in [-0.2, 0) is 27.8 Å². The molecule has 0 spiro atoms. The molecule has 7 heteroatoms. The molecular weight excluding hydrogens is 326 g/mol. The Morgan fingerprint density at radius 3 is 2.21 bits per heavy atom. The number of aromatic nitrogens is 1. The van der Waals surface area contributed by atoms with Gasteiger partial charge in [-0.2, -0.15) is 0 Å². The van der Waals surface area contributed by atoms with Gasteiger partial charge in [0.25, 0.3) is 0 Å². The van der Waals surface area contributed by atoms with Crippen LogP contribution in [0.1, 0.15) is 23.4 Å². The fourth-order valence-electron chi connectivity index (χ4n) is 2.55.